The van der Waals surface area contributed by atoms with E-state index in [-0.39, 0.29) is 22.2 Å². The van der Waals surface area contributed by atoms with E-state index in [0.29, 0.717) is 0 Å². The van der Waals surface area contributed by atoms with Crippen molar-refractivity contribution in [2.45, 2.75) is 43.0 Å². The van der Waals surface area contributed by atoms with Crippen LogP contribution in [0.4, 0.5) is 14.5 Å². The van der Waals surface area contributed by atoms with E-state index >= 15 is 0 Å². The summed E-state index contributed by atoms with van der Waals surface area (Å²) in [5, 5.41) is 2.44. The first-order valence-corrected chi connectivity index (χ1v) is 10.6. The second kappa shape index (κ2) is 8.36. The molecule has 1 N–H and O–H groups in total. The lowest BCUT2D eigenvalue weighted by Gasteiger charge is -2.30. The zero-order valence-electron chi connectivity index (χ0n) is 15.5. The minimum atomic E-state index is -3.74. The Balaban J connectivity index is 1.80. The second-order valence-corrected chi connectivity index (χ2v) is 8.92. The molecule has 1 aliphatic carbocycles. The molecule has 0 radical (unpaired) electrons. The Labute approximate surface area is 163 Å². The van der Waals surface area contributed by atoms with Gasteiger partial charge in [0.05, 0.1) is 4.90 Å². The van der Waals surface area contributed by atoms with Crippen molar-refractivity contribution in [1.29, 1.82) is 0 Å². The van der Waals surface area contributed by atoms with Gasteiger partial charge in [0.1, 0.15) is 0 Å². The third-order valence-corrected chi connectivity index (χ3v) is 6.95. The van der Waals surface area contributed by atoms with Gasteiger partial charge in [0.2, 0.25) is 10.0 Å². The molecule has 0 heterocycles. The van der Waals surface area contributed by atoms with E-state index in [1.807, 2.05) is 0 Å². The quantitative estimate of drug-likeness (QED) is 0.808. The smallest absolute Gasteiger partial charge is 0.255 e. The molecule has 1 amide bonds. The van der Waals surface area contributed by atoms with Crippen LogP contribution in [-0.2, 0) is 10.0 Å². The summed E-state index contributed by atoms with van der Waals surface area (Å²) < 4.78 is 53.6. The molecule has 28 heavy (non-hydrogen) atoms. The average Bonchev–Trinajstić information content (AvgIpc) is 2.71. The first-order chi connectivity index (χ1) is 13.3. The van der Waals surface area contributed by atoms with Gasteiger partial charge in [-0.25, -0.2) is 17.2 Å². The Morgan fingerprint density at radius 1 is 1.04 bits per heavy atom. The van der Waals surface area contributed by atoms with Gasteiger partial charge in [-0.3, -0.25) is 4.79 Å². The van der Waals surface area contributed by atoms with Gasteiger partial charge < -0.3 is 5.32 Å². The molecule has 0 bridgehead atoms. The highest BCUT2D eigenvalue weighted by Gasteiger charge is 2.29. The van der Waals surface area contributed by atoms with E-state index in [2.05, 4.69) is 5.32 Å². The van der Waals surface area contributed by atoms with E-state index in [4.69, 9.17) is 0 Å². The Hall–Kier alpha value is -2.32. The number of anilines is 1. The predicted molar refractivity (Wildman–Crippen MR) is 103 cm³/mol. The number of carbonyl (C=O) groups excluding carboxylic acids is 1. The van der Waals surface area contributed by atoms with Crippen LogP contribution in [0.5, 0.6) is 0 Å². The molecule has 2 aromatic rings. The Bertz CT molecular complexity index is 973. The fraction of sp³-hybridized carbons (Fsp3) is 0.350. The fourth-order valence-electron chi connectivity index (χ4n) is 3.38. The van der Waals surface area contributed by atoms with Crippen molar-refractivity contribution < 1.29 is 22.0 Å². The van der Waals surface area contributed by atoms with Crippen LogP contribution < -0.4 is 5.32 Å². The lowest BCUT2D eigenvalue weighted by Crippen LogP contribution is -2.38. The van der Waals surface area contributed by atoms with Gasteiger partial charge in [0.15, 0.2) is 11.6 Å². The van der Waals surface area contributed by atoms with Crippen molar-refractivity contribution in [3.05, 3.63) is 59.7 Å². The second-order valence-electron chi connectivity index (χ2n) is 6.92. The van der Waals surface area contributed by atoms with Crippen molar-refractivity contribution in [1.82, 2.24) is 4.31 Å². The molecule has 0 aliphatic heterocycles. The average molecular weight is 408 g/mol. The van der Waals surface area contributed by atoms with Crippen molar-refractivity contribution in [2.24, 2.45) is 0 Å². The summed E-state index contributed by atoms with van der Waals surface area (Å²) >= 11 is 0. The molecule has 0 unspecified atom stereocenters. The summed E-state index contributed by atoms with van der Waals surface area (Å²) in [6, 6.07) is 8.66. The molecular formula is C20H22F2N2O3S. The van der Waals surface area contributed by atoms with E-state index < -0.39 is 27.6 Å². The van der Waals surface area contributed by atoms with Crippen molar-refractivity contribution in [3.8, 4) is 0 Å². The van der Waals surface area contributed by atoms with E-state index in [1.165, 1.54) is 34.6 Å². The minimum Gasteiger partial charge on any atom is -0.322 e. The third kappa shape index (κ3) is 4.39. The van der Waals surface area contributed by atoms with E-state index in [9.17, 15) is 22.0 Å². The zero-order chi connectivity index (χ0) is 20.3. The normalized spacial score (nSPS) is 15.6. The fourth-order valence-corrected chi connectivity index (χ4v) is 4.84. The highest BCUT2D eigenvalue weighted by atomic mass is 32.2. The number of sulfonamides is 1. The van der Waals surface area contributed by atoms with Crippen molar-refractivity contribution in [3.63, 3.8) is 0 Å². The van der Waals surface area contributed by atoms with E-state index in [0.717, 1.165) is 44.2 Å². The number of hydrogen-bond acceptors (Lipinski definition) is 3. The molecule has 0 saturated heterocycles. The molecule has 1 fully saturated rings. The standard InChI is InChI=1S/C20H22F2N2O3S/c1-24(16-7-3-2-4-8-16)28(26,27)17-9-5-6-14(12-17)20(25)23-15-10-11-18(21)19(22)13-15/h5-6,9-13,16H,2-4,7-8H2,1H3,(H,23,25). The summed E-state index contributed by atoms with van der Waals surface area (Å²) in [6.07, 6.45) is 4.77. The van der Waals surface area contributed by atoms with Crippen LogP contribution in [0.25, 0.3) is 0 Å². The highest BCUT2D eigenvalue weighted by Crippen LogP contribution is 2.27. The molecule has 0 atom stereocenters. The largest absolute Gasteiger partial charge is 0.322 e. The lowest BCUT2D eigenvalue weighted by molar-refractivity contribution is 0.102. The van der Waals surface area contributed by atoms with Crippen LogP contribution in [0.15, 0.2) is 47.4 Å². The van der Waals surface area contributed by atoms with Gasteiger partial charge in [-0.05, 0) is 43.2 Å². The van der Waals surface area contributed by atoms with Crippen LogP contribution in [0.3, 0.4) is 0 Å². The topological polar surface area (TPSA) is 66.5 Å². The van der Waals surface area contributed by atoms with Crippen molar-refractivity contribution >= 4 is 21.6 Å². The Kier molecular flexibility index (Phi) is 6.10. The number of carbonyl (C=O) groups is 1. The van der Waals surface area contributed by atoms with Gasteiger partial charge in [-0.1, -0.05) is 25.3 Å². The predicted octanol–water partition coefficient (Wildman–Crippen LogP) is 4.17. The van der Waals surface area contributed by atoms with E-state index in [1.54, 1.807) is 7.05 Å². The van der Waals surface area contributed by atoms with Crippen LogP contribution >= 0.6 is 0 Å². The lowest BCUT2D eigenvalue weighted by atomic mass is 9.96. The van der Waals surface area contributed by atoms with Crippen LogP contribution in [0, 0.1) is 11.6 Å². The zero-order valence-corrected chi connectivity index (χ0v) is 16.3. The maximum Gasteiger partial charge on any atom is 0.255 e. The molecular weight excluding hydrogens is 386 g/mol. The van der Waals surface area contributed by atoms with Gasteiger partial charge in [-0.15, -0.1) is 0 Å². The molecule has 1 saturated carbocycles. The van der Waals surface area contributed by atoms with Gasteiger partial charge in [0, 0.05) is 30.4 Å². The maximum absolute atomic E-state index is 13.3. The molecule has 0 spiro atoms. The monoisotopic (exact) mass is 408 g/mol. The minimum absolute atomic E-state index is 0.0264. The Morgan fingerprint density at radius 3 is 2.43 bits per heavy atom. The number of benzene rings is 2. The third-order valence-electron chi connectivity index (χ3n) is 5.04. The summed E-state index contributed by atoms with van der Waals surface area (Å²) in [5.74, 6) is -2.71. The number of rotatable bonds is 5. The molecule has 0 aromatic heterocycles. The number of nitrogens with zero attached hydrogens (tertiary/aromatic N) is 1. The molecule has 3 rings (SSSR count). The van der Waals surface area contributed by atoms with Gasteiger partial charge in [0.25, 0.3) is 5.91 Å². The highest BCUT2D eigenvalue weighted by molar-refractivity contribution is 7.89. The molecule has 8 heteroatoms. The van der Waals surface area contributed by atoms with Crippen molar-refractivity contribution in [2.75, 3.05) is 12.4 Å². The summed E-state index contributed by atoms with van der Waals surface area (Å²) in [7, 11) is -2.17. The van der Waals surface area contributed by atoms with Gasteiger partial charge in [-0.2, -0.15) is 4.31 Å². The number of amides is 1. The van der Waals surface area contributed by atoms with Crippen LogP contribution in [0.1, 0.15) is 42.5 Å². The molecule has 150 valence electrons. The van der Waals surface area contributed by atoms with Gasteiger partial charge >= 0.3 is 0 Å². The number of hydrogen-bond donors (Lipinski definition) is 1. The summed E-state index contributed by atoms with van der Waals surface area (Å²) in [5.41, 5.74) is 0.194. The first kappa shape index (κ1) is 20.4. The Morgan fingerprint density at radius 2 is 1.75 bits per heavy atom. The van der Waals surface area contributed by atoms with Crippen LogP contribution in [0.2, 0.25) is 0 Å². The first-order valence-electron chi connectivity index (χ1n) is 9.13. The molecule has 2 aromatic carbocycles. The molecule has 1 aliphatic rings. The number of halogens is 2. The summed E-state index contributed by atoms with van der Waals surface area (Å²) in [6.45, 7) is 0. The maximum atomic E-state index is 13.3. The summed E-state index contributed by atoms with van der Waals surface area (Å²) in [4.78, 5) is 12.5. The van der Waals surface area contributed by atoms with Crippen LogP contribution in [-0.4, -0.2) is 31.7 Å². The molecule has 5 nitrogen and oxygen atoms in total. The number of nitrogens with one attached hydrogen (secondary N) is 1. The SMILES string of the molecule is CN(C1CCCCC1)S(=O)(=O)c1cccc(C(=O)Nc2ccc(F)c(F)c2)c1.